The van der Waals surface area contributed by atoms with Crippen LogP contribution in [0.2, 0.25) is 0 Å². The van der Waals surface area contributed by atoms with Gasteiger partial charge in [-0.1, -0.05) is 145 Å². The van der Waals surface area contributed by atoms with Gasteiger partial charge in [-0.3, -0.25) is 9.32 Å². The molecule has 4 rings (SSSR count). The third-order valence-corrected chi connectivity index (χ3v) is 25.0. The monoisotopic (exact) mass is 1780 g/mol. The molecular formula is C70H129NO34P4S4. The van der Waals surface area contributed by atoms with Crippen LogP contribution in [0.5, 0.6) is 0 Å². The number of aliphatic hydroxyl groups is 9. The van der Waals surface area contributed by atoms with Crippen LogP contribution in [0, 0.1) is 17.3 Å². The summed E-state index contributed by atoms with van der Waals surface area (Å²) in [6.07, 6.45) is -1.44. The van der Waals surface area contributed by atoms with Gasteiger partial charge in [-0.25, -0.2) is 23.1 Å². The van der Waals surface area contributed by atoms with Crippen molar-refractivity contribution in [2.75, 3.05) is 139 Å². The molecule has 662 valence electrons. The van der Waals surface area contributed by atoms with Crippen molar-refractivity contribution in [2.24, 2.45) is 17.3 Å². The van der Waals surface area contributed by atoms with Gasteiger partial charge in [0.15, 0.2) is 18.9 Å². The Hall–Kier alpha value is -0.760. The molecule has 0 radical (unpaired) electrons. The van der Waals surface area contributed by atoms with E-state index in [-0.39, 0.29) is 125 Å². The van der Waals surface area contributed by atoms with Gasteiger partial charge in [-0.05, 0) is 88.4 Å². The summed E-state index contributed by atoms with van der Waals surface area (Å²) in [4.78, 5) is 23.9. The van der Waals surface area contributed by atoms with Crippen LogP contribution in [0.1, 0.15) is 161 Å². The van der Waals surface area contributed by atoms with Gasteiger partial charge in [-0.15, -0.1) is 0 Å². The number of aliphatic hydroxyl groups excluding tert-OH is 9. The van der Waals surface area contributed by atoms with Crippen molar-refractivity contribution in [1.29, 1.82) is 0 Å². The summed E-state index contributed by atoms with van der Waals surface area (Å²) in [6.45, 7) is -10.2. The van der Waals surface area contributed by atoms with Crippen molar-refractivity contribution >= 4 is 88.2 Å². The molecule has 1 aromatic rings. The Morgan fingerprint density at radius 1 is 0.398 bits per heavy atom. The van der Waals surface area contributed by atoms with Gasteiger partial charge in [0.2, 0.25) is 5.91 Å². The minimum Gasteiger partial charge on any atom is -0.429 e. The second-order valence-electron chi connectivity index (χ2n) is 28.1. The fraction of sp³-hybridized carbons (Fsp3) is 0.886. The molecule has 10 unspecified atom stereocenters. The molecule has 43 heteroatoms. The quantitative estimate of drug-likeness (QED) is 0.0125. The lowest BCUT2D eigenvalue weighted by molar-refractivity contribution is -0.282. The van der Waals surface area contributed by atoms with E-state index in [1.807, 2.05) is 6.07 Å². The molecule has 35 nitrogen and oxygen atoms in total. The molecule has 0 aliphatic carbocycles. The van der Waals surface area contributed by atoms with Crippen molar-refractivity contribution in [1.82, 2.24) is 5.32 Å². The Kier molecular flexibility index (Phi) is 54.7. The van der Waals surface area contributed by atoms with Gasteiger partial charge in [0.25, 0.3) is 0 Å². The predicted molar refractivity (Wildman–Crippen MR) is 425 cm³/mol. The highest BCUT2D eigenvalue weighted by molar-refractivity contribution is 8.45. The zero-order valence-electron chi connectivity index (χ0n) is 65.3. The highest BCUT2D eigenvalue weighted by atomic mass is 32.7. The zero-order valence-corrected chi connectivity index (χ0v) is 72.4. The molecule has 19 atom stereocenters. The van der Waals surface area contributed by atoms with Crippen molar-refractivity contribution < 1.29 is 162 Å². The first kappa shape index (κ1) is 105. The first-order valence-electron chi connectivity index (χ1n) is 39.0. The molecular weight excluding hydrogens is 1650 g/mol. The van der Waals surface area contributed by atoms with Gasteiger partial charge in [0, 0.05) is 65.0 Å². The summed E-state index contributed by atoms with van der Waals surface area (Å²) < 4.78 is 160. The molecule has 0 bridgehead atoms. The van der Waals surface area contributed by atoms with E-state index in [9.17, 15) is 73.8 Å². The van der Waals surface area contributed by atoms with Crippen LogP contribution in [-0.4, -0.2) is 277 Å². The number of rotatable bonds is 67. The van der Waals surface area contributed by atoms with Crippen LogP contribution in [0.15, 0.2) is 30.3 Å². The lowest BCUT2D eigenvalue weighted by Crippen LogP contribution is -2.64. The van der Waals surface area contributed by atoms with Gasteiger partial charge < -0.3 is 135 Å². The van der Waals surface area contributed by atoms with E-state index in [2.05, 4.69) is 54.3 Å². The molecule has 0 aromatic heterocycles. The van der Waals surface area contributed by atoms with E-state index in [1.54, 1.807) is 38.1 Å². The summed E-state index contributed by atoms with van der Waals surface area (Å²) in [7, 11) is 0. The Bertz CT molecular complexity index is 2780. The third-order valence-electron chi connectivity index (χ3n) is 18.4. The number of thiol groups is 4. The van der Waals surface area contributed by atoms with Crippen molar-refractivity contribution in [2.45, 2.75) is 242 Å². The average molecular weight is 1780 g/mol. The smallest absolute Gasteiger partial charge is 0.429 e. The van der Waals surface area contributed by atoms with Gasteiger partial charge in [0.1, 0.15) is 55.4 Å². The average Bonchev–Trinajstić information content (AvgIpc) is 0.816. The molecule has 0 spiro atoms. The van der Waals surface area contributed by atoms with Crippen LogP contribution in [0.3, 0.4) is 0 Å². The molecule has 3 saturated heterocycles. The van der Waals surface area contributed by atoms with Crippen LogP contribution >= 0.6 is 76.2 Å². The van der Waals surface area contributed by atoms with E-state index in [0.717, 1.165) is 44.1 Å². The van der Waals surface area contributed by atoms with E-state index in [4.69, 9.17) is 88.3 Å². The van der Waals surface area contributed by atoms with Crippen molar-refractivity contribution in [3.63, 3.8) is 0 Å². The molecule has 3 fully saturated rings. The molecule has 3 aliphatic heterocycles. The molecule has 3 aliphatic rings. The second kappa shape index (κ2) is 59.1. The molecule has 113 heavy (non-hydrogen) atoms. The van der Waals surface area contributed by atoms with E-state index in [0.29, 0.717) is 96.9 Å². The topological polar surface area (TPSA) is 472 Å². The van der Waals surface area contributed by atoms with Crippen LogP contribution in [0.4, 0.5) is 4.79 Å². The normalized spacial score (nSPS) is 26.8. The number of hydrogen-bond acceptors (Lipinski definition) is 34. The minimum atomic E-state index is -4.01. The largest absolute Gasteiger partial charge is 0.515 e. The van der Waals surface area contributed by atoms with Crippen molar-refractivity contribution in [3.8, 4) is 0 Å². The van der Waals surface area contributed by atoms with Crippen LogP contribution < -0.4 is 5.32 Å². The Labute approximate surface area is 685 Å². The standard InChI is InChI=1S/C70H129NO34P4S4/c1-52-60(76)62(78)56(44-72)102-66(52)91-34-18-8-11-22-37-95-106(83,110)98-41-25-31-88-49-70(48-87-30-17-6-4-5-7-21-40-101-109(86,113)105-69(82)94-47-55-28-15-14-16-29-55,50-89-32-26-42-99-107(84,111)96-38-23-12-9-19-35-92-67-53(2)61(77)63(79)57(45-73)103-67)51-90-33-27-43-100-108(85,112)97-39-24-13-10-20-36-93-68-59(71-54(3)75)65(81)64(80)58(46-74)104-68/h14-16,28-29,52-53,56-68,72-74,76-81H,4-13,17-27,30-51H2,1-3H3,(H,71,75)(H,83,110)(H,84,111)(H,85,112)(H,86,113)/t52?,53?,56?,57?,58?,59?,60-,61-,62-,63-,64-,65-,66-,67-,68-,70?,106?,107?,108?,109?/m1/s1. The minimum absolute atomic E-state index is 0.0247. The van der Waals surface area contributed by atoms with Gasteiger partial charge in [-0.2, -0.15) is 0 Å². The molecule has 1 aromatic carbocycles. The number of carbonyl (C=O) groups excluding carboxylic acids is 2. The van der Waals surface area contributed by atoms with Crippen LogP contribution in [0.25, 0.3) is 0 Å². The lowest BCUT2D eigenvalue weighted by atomic mass is 9.92. The first-order valence-corrected chi connectivity index (χ1v) is 49.8. The summed E-state index contributed by atoms with van der Waals surface area (Å²) in [6, 6.07) is 7.86. The van der Waals surface area contributed by atoms with Gasteiger partial charge >= 0.3 is 33.3 Å². The Morgan fingerprint density at radius 2 is 0.690 bits per heavy atom. The summed E-state index contributed by atoms with van der Waals surface area (Å²) >= 11 is 16.4. The summed E-state index contributed by atoms with van der Waals surface area (Å²) in [5, 5.41) is 92.9. The number of ether oxygens (including phenoxy) is 11. The maximum absolute atomic E-state index is 13.2. The second-order valence-corrected chi connectivity index (χ2v) is 39.8. The first-order chi connectivity index (χ1) is 54.0. The SMILES string of the molecule is CC(=O)NC1[C@H](OCCCCCCOP(=O)(S)OCCCOCC(COCCCCCCCCOP(=O)(S)OC(=O)OCc2ccccc2)(COCCCOP(=O)(S)OCCCCCCO[C@@H]2OC(CO)[C@@H](O)[C@H](O)C2C)COCCCOP(=O)(S)OCCCCCCO[C@@H]2OC(CO)[C@@H](O)[C@H](O)C2C)OC(CO)[C@@H](O)[C@@H]1O. The third kappa shape index (κ3) is 44.7. The Morgan fingerprint density at radius 3 is 1.04 bits per heavy atom. The highest BCUT2D eigenvalue weighted by Gasteiger charge is 2.47. The fourth-order valence-electron chi connectivity index (χ4n) is 11.8. The van der Waals surface area contributed by atoms with E-state index < -0.39 is 156 Å². The zero-order chi connectivity index (χ0) is 83.0. The van der Waals surface area contributed by atoms with Crippen molar-refractivity contribution in [3.05, 3.63) is 35.9 Å². The summed E-state index contributed by atoms with van der Waals surface area (Å²) in [5.41, 5.74) is -0.228. The van der Waals surface area contributed by atoms with E-state index >= 15 is 0 Å². The predicted octanol–water partition coefficient (Wildman–Crippen LogP) is 9.00. The molecule has 1 amide bonds. The number of amides is 1. The molecule has 10 N–H and O–H groups in total. The van der Waals surface area contributed by atoms with Crippen LogP contribution in [-0.2, 0) is 118 Å². The number of unbranched alkanes of at least 4 members (excludes halogenated alkanes) is 14. The summed E-state index contributed by atoms with van der Waals surface area (Å²) in [5.74, 6) is -1.47. The number of carbonyl (C=O) groups is 2. The number of hydrogen-bond donors (Lipinski definition) is 14. The lowest BCUT2D eigenvalue weighted by Gasteiger charge is -2.42. The van der Waals surface area contributed by atoms with Gasteiger partial charge in [0.05, 0.1) is 110 Å². The maximum atomic E-state index is 13.2. The highest BCUT2D eigenvalue weighted by Crippen LogP contribution is 2.55. The van der Waals surface area contributed by atoms with E-state index in [1.165, 1.54) is 6.92 Å². The fourth-order valence-corrected chi connectivity index (χ4v) is 16.8. The molecule has 0 saturated carbocycles. The Balaban J connectivity index is 1.28. The number of benzene rings is 1. The number of nitrogens with one attached hydrogen (secondary N) is 1. The molecule has 3 heterocycles. The maximum Gasteiger partial charge on any atom is 0.515 e.